The molecule has 6 heteroatoms. The summed E-state index contributed by atoms with van der Waals surface area (Å²) in [7, 11) is 0. The summed E-state index contributed by atoms with van der Waals surface area (Å²) in [4.78, 5) is 26.0. The van der Waals surface area contributed by atoms with Gasteiger partial charge in [0.05, 0.1) is 11.6 Å². The number of amides is 1. The first kappa shape index (κ1) is 30.7. The number of fused-ring (bicyclic) bond motifs is 1. The fourth-order valence-electron chi connectivity index (χ4n) is 5.58. The molecule has 0 saturated heterocycles. The van der Waals surface area contributed by atoms with Gasteiger partial charge in [0.25, 0.3) is 5.91 Å². The van der Waals surface area contributed by atoms with Crippen LogP contribution < -0.4 is 5.32 Å². The van der Waals surface area contributed by atoms with E-state index in [4.69, 9.17) is 4.74 Å². The Morgan fingerprint density at radius 3 is 2.32 bits per heavy atom. The molecule has 0 aliphatic rings. The SMILES string of the molecule is Cc1cccc([C@H](C)NC(=O)c2ccc3c(c2)c(C)c(C)n3Cc2ccc(-c3ccccc3C(=O)OC(C)(C)C)cc2)c1F. The summed E-state index contributed by atoms with van der Waals surface area (Å²) in [5.41, 5.74) is 7.66. The maximum Gasteiger partial charge on any atom is 0.339 e. The number of ether oxygens (including phenoxy) is 1. The number of aryl methyl sites for hydroxylation is 2. The highest BCUT2D eigenvalue weighted by atomic mass is 19.1. The standard InChI is InChI=1S/C38H39FN2O3/c1-23-11-10-14-30(35(23)39)25(3)40-36(42)29-19-20-34-33(21-29)24(2)26(4)41(34)22-27-15-17-28(18-16-27)31-12-8-9-13-32(31)37(43)44-38(5,6)7/h8-21,25H,22H2,1-7H3,(H,40,42)/t25-/m0/s1. The van der Waals surface area contributed by atoms with Crippen LogP contribution in [0.2, 0.25) is 0 Å². The molecule has 5 aromatic rings. The van der Waals surface area contributed by atoms with E-state index >= 15 is 0 Å². The first-order valence-corrected chi connectivity index (χ1v) is 14.9. The van der Waals surface area contributed by atoms with Gasteiger partial charge in [-0.05, 0) is 101 Å². The van der Waals surface area contributed by atoms with Crippen LogP contribution in [0.25, 0.3) is 22.0 Å². The van der Waals surface area contributed by atoms with Gasteiger partial charge in [-0.25, -0.2) is 9.18 Å². The molecule has 5 nitrogen and oxygen atoms in total. The minimum absolute atomic E-state index is 0.243. The molecule has 1 heterocycles. The third-order valence-electron chi connectivity index (χ3n) is 8.09. The van der Waals surface area contributed by atoms with Crippen molar-refractivity contribution in [2.24, 2.45) is 0 Å². The largest absolute Gasteiger partial charge is 0.456 e. The Labute approximate surface area is 258 Å². The van der Waals surface area contributed by atoms with Gasteiger partial charge in [0.15, 0.2) is 0 Å². The maximum atomic E-state index is 14.6. The molecular weight excluding hydrogens is 551 g/mol. The number of aromatic nitrogens is 1. The molecule has 0 radical (unpaired) electrons. The van der Waals surface area contributed by atoms with Crippen LogP contribution in [-0.4, -0.2) is 22.0 Å². The summed E-state index contributed by atoms with van der Waals surface area (Å²) in [6.45, 7) is 13.9. The Kier molecular flexibility index (Phi) is 8.46. The minimum atomic E-state index is -0.576. The van der Waals surface area contributed by atoms with Gasteiger partial charge in [-0.15, -0.1) is 0 Å². The molecule has 1 aromatic heterocycles. The van der Waals surface area contributed by atoms with Crippen molar-refractivity contribution < 1.29 is 18.7 Å². The summed E-state index contributed by atoms with van der Waals surface area (Å²) in [5, 5.41) is 3.96. The summed E-state index contributed by atoms with van der Waals surface area (Å²) in [5.74, 6) is -0.876. The van der Waals surface area contributed by atoms with E-state index < -0.39 is 11.6 Å². The Morgan fingerprint density at radius 2 is 1.61 bits per heavy atom. The molecule has 1 atom stereocenters. The van der Waals surface area contributed by atoms with Gasteiger partial charge in [-0.2, -0.15) is 0 Å². The highest BCUT2D eigenvalue weighted by Gasteiger charge is 2.21. The van der Waals surface area contributed by atoms with E-state index in [0.717, 1.165) is 38.9 Å². The molecule has 0 bridgehead atoms. The van der Waals surface area contributed by atoms with E-state index in [9.17, 15) is 14.0 Å². The molecule has 0 unspecified atom stereocenters. The maximum absolute atomic E-state index is 14.6. The minimum Gasteiger partial charge on any atom is -0.456 e. The lowest BCUT2D eigenvalue weighted by Crippen LogP contribution is -2.27. The Balaban J connectivity index is 1.37. The number of carbonyl (C=O) groups is 2. The fraction of sp³-hybridized carbons (Fsp3) is 0.263. The van der Waals surface area contributed by atoms with Gasteiger partial charge in [-0.3, -0.25) is 4.79 Å². The number of hydrogen-bond acceptors (Lipinski definition) is 3. The summed E-state index contributed by atoms with van der Waals surface area (Å²) in [6, 6.07) is 26.2. The number of halogens is 1. The first-order valence-electron chi connectivity index (χ1n) is 14.9. The van der Waals surface area contributed by atoms with Crippen molar-refractivity contribution in [2.45, 2.75) is 66.7 Å². The highest BCUT2D eigenvalue weighted by Crippen LogP contribution is 2.30. The molecule has 0 aliphatic heterocycles. The van der Waals surface area contributed by atoms with E-state index in [1.165, 1.54) is 0 Å². The van der Waals surface area contributed by atoms with Crippen LogP contribution in [0.3, 0.4) is 0 Å². The molecule has 44 heavy (non-hydrogen) atoms. The van der Waals surface area contributed by atoms with E-state index in [-0.39, 0.29) is 17.7 Å². The molecule has 1 N–H and O–H groups in total. The molecule has 0 spiro atoms. The number of nitrogens with zero attached hydrogens (tertiary/aromatic N) is 1. The van der Waals surface area contributed by atoms with Crippen molar-refractivity contribution >= 4 is 22.8 Å². The summed E-state index contributed by atoms with van der Waals surface area (Å²) < 4.78 is 22.5. The quantitative estimate of drug-likeness (QED) is 0.193. The number of hydrogen-bond donors (Lipinski definition) is 1. The molecule has 1 amide bonds. The van der Waals surface area contributed by atoms with Gasteiger partial charge in [0, 0.05) is 34.3 Å². The van der Waals surface area contributed by atoms with Crippen LogP contribution in [0.15, 0.2) is 84.9 Å². The molecule has 226 valence electrons. The van der Waals surface area contributed by atoms with Crippen molar-refractivity contribution in [1.29, 1.82) is 0 Å². The van der Waals surface area contributed by atoms with Crippen molar-refractivity contribution in [1.82, 2.24) is 9.88 Å². The predicted octanol–water partition coefficient (Wildman–Crippen LogP) is 8.87. The number of nitrogens with one attached hydrogen (secondary N) is 1. The second-order valence-corrected chi connectivity index (χ2v) is 12.4. The van der Waals surface area contributed by atoms with E-state index in [1.54, 1.807) is 38.1 Å². The zero-order valence-corrected chi connectivity index (χ0v) is 26.4. The smallest absolute Gasteiger partial charge is 0.339 e. The van der Waals surface area contributed by atoms with Crippen LogP contribution >= 0.6 is 0 Å². The fourth-order valence-corrected chi connectivity index (χ4v) is 5.58. The monoisotopic (exact) mass is 590 g/mol. The zero-order valence-electron chi connectivity index (χ0n) is 26.4. The van der Waals surface area contributed by atoms with Gasteiger partial charge in [-0.1, -0.05) is 60.7 Å². The number of rotatable bonds is 7. The van der Waals surface area contributed by atoms with Crippen LogP contribution in [0.4, 0.5) is 4.39 Å². The van der Waals surface area contributed by atoms with Gasteiger partial charge < -0.3 is 14.6 Å². The average Bonchev–Trinajstić information content (AvgIpc) is 3.22. The summed E-state index contributed by atoms with van der Waals surface area (Å²) in [6.07, 6.45) is 0. The van der Waals surface area contributed by atoms with Crippen LogP contribution in [0, 0.1) is 26.6 Å². The van der Waals surface area contributed by atoms with Crippen molar-refractivity contribution in [3.05, 3.63) is 130 Å². The Bertz CT molecular complexity index is 1860. The Hall–Kier alpha value is -4.71. The topological polar surface area (TPSA) is 60.3 Å². The number of esters is 1. The van der Waals surface area contributed by atoms with Crippen LogP contribution in [0.5, 0.6) is 0 Å². The van der Waals surface area contributed by atoms with Gasteiger partial charge in [0.2, 0.25) is 0 Å². The molecule has 4 aromatic carbocycles. The van der Waals surface area contributed by atoms with E-state index in [1.807, 2.05) is 69.3 Å². The third kappa shape index (κ3) is 6.30. The lowest BCUT2D eigenvalue weighted by atomic mass is 9.98. The number of benzene rings is 4. The van der Waals surface area contributed by atoms with Crippen LogP contribution in [0.1, 0.15) is 82.4 Å². The second-order valence-electron chi connectivity index (χ2n) is 12.4. The zero-order chi connectivity index (χ0) is 31.8. The molecule has 0 fully saturated rings. The summed E-state index contributed by atoms with van der Waals surface area (Å²) >= 11 is 0. The molecule has 0 aliphatic carbocycles. The highest BCUT2D eigenvalue weighted by molar-refractivity contribution is 5.99. The number of carbonyl (C=O) groups excluding carboxylic acids is 2. The second kappa shape index (κ2) is 12.1. The van der Waals surface area contributed by atoms with Crippen LogP contribution in [-0.2, 0) is 11.3 Å². The van der Waals surface area contributed by atoms with Crippen molar-refractivity contribution in [3.8, 4) is 11.1 Å². The van der Waals surface area contributed by atoms with E-state index in [2.05, 4.69) is 35.9 Å². The molecule has 0 saturated carbocycles. The molecule has 5 rings (SSSR count). The van der Waals surface area contributed by atoms with Crippen molar-refractivity contribution in [2.75, 3.05) is 0 Å². The average molecular weight is 591 g/mol. The first-order chi connectivity index (χ1) is 20.8. The van der Waals surface area contributed by atoms with E-state index in [0.29, 0.717) is 28.8 Å². The lowest BCUT2D eigenvalue weighted by molar-refractivity contribution is 0.00703. The van der Waals surface area contributed by atoms with Gasteiger partial charge in [0.1, 0.15) is 11.4 Å². The molecular formula is C38H39FN2O3. The third-order valence-corrected chi connectivity index (χ3v) is 8.09. The lowest BCUT2D eigenvalue weighted by Gasteiger charge is -2.20. The predicted molar refractivity (Wildman–Crippen MR) is 175 cm³/mol. The normalized spacial score (nSPS) is 12.3. The van der Waals surface area contributed by atoms with Gasteiger partial charge >= 0.3 is 5.97 Å². The Morgan fingerprint density at radius 1 is 0.909 bits per heavy atom. The van der Waals surface area contributed by atoms with Crippen molar-refractivity contribution in [3.63, 3.8) is 0 Å².